The van der Waals surface area contributed by atoms with Gasteiger partial charge in [-0.05, 0) is 13.0 Å². The molecule has 18 heavy (non-hydrogen) atoms. The molecule has 0 unspecified atom stereocenters. The normalized spacial score (nSPS) is 40.2. The van der Waals surface area contributed by atoms with E-state index >= 15 is 0 Å². The second-order valence-corrected chi connectivity index (χ2v) is 4.70. The second kappa shape index (κ2) is 4.36. The van der Waals surface area contributed by atoms with Gasteiger partial charge in [0.1, 0.15) is 23.9 Å². The summed E-state index contributed by atoms with van der Waals surface area (Å²) in [6, 6.07) is 0. The van der Waals surface area contributed by atoms with Gasteiger partial charge in [-0.25, -0.2) is 4.99 Å². The minimum atomic E-state index is -1.05. The number of rotatable bonds is 2. The maximum atomic E-state index is 10.0. The molecule has 7 nitrogen and oxygen atoms in total. The van der Waals surface area contributed by atoms with Crippen molar-refractivity contribution in [3.63, 3.8) is 0 Å². The van der Waals surface area contributed by atoms with Gasteiger partial charge in [-0.15, -0.1) is 0 Å². The van der Waals surface area contributed by atoms with Crippen molar-refractivity contribution in [1.29, 1.82) is 0 Å². The fourth-order valence-corrected chi connectivity index (χ4v) is 2.14. The van der Waals surface area contributed by atoms with Crippen LogP contribution >= 0.6 is 0 Å². The molecule has 4 atom stereocenters. The molecule has 0 saturated carbocycles. The molecule has 6 N–H and O–H groups in total. The van der Waals surface area contributed by atoms with Crippen LogP contribution in [0, 0.1) is 0 Å². The Bertz CT molecular complexity index is 419. The lowest BCUT2D eigenvalue weighted by Gasteiger charge is -2.36. The fourth-order valence-electron chi connectivity index (χ4n) is 2.14. The number of amidine groups is 1. The van der Waals surface area contributed by atoms with Gasteiger partial charge in [0, 0.05) is 6.20 Å². The molecule has 2 rings (SSSR count). The monoisotopic (exact) mass is 254 g/mol. The second-order valence-electron chi connectivity index (χ2n) is 4.70. The number of aliphatic imine (C=N–C) groups is 1. The molecular weight excluding hydrogens is 236 g/mol. The lowest BCUT2D eigenvalue weighted by molar-refractivity contribution is -0.0608. The highest BCUT2D eigenvalue weighted by molar-refractivity contribution is 5.92. The molecule has 0 aromatic carbocycles. The lowest BCUT2D eigenvalue weighted by atomic mass is 9.93. The molecule has 0 amide bonds. The van der Waals surface area contributed by atoms with Gasteiger partial charge in [0.15, 0.2) is 6.23 Å². The summed E-state index contributed by atoms with van der Waals surface area (Å²) in [7, 11) is 0. The largest absolute Gasteiger partial charge is 0.394 e. The topological polar surface area (TPSA) is 117 Å². The average molecular weight is 254 g/mol. The number of nitrogens with two attached hydrogens (primary N) is 2. The summed E-state index contributed by atoms with van der Waals surface area (Å²) in [6.07, 6.45) is 0.872. The number of nitrogens with zero attached hydrogens (tertiary/aromatic N) is 2. The van der Waals surface area contributed by atoms with Crippen LogP contribution in [-0.4, -0.2) is 51.5 Å². The minimum Gasteiger partial charge on any atom is -0.394 e. The molecular formula is C11H18N4O3. The molecule has 7 heteroatoms. The first-order chi connectivity index (χ1) is 8.37. The van der Waals surface area contributed by atoms with Crippen LogP contribution in [0.3, 0.4) is 0 Å². The van der Waals surface area contributed by atoms with Crippen molar-refractivity contribution in [2.24, 2.45) is 16.5 Å². The van der Waals surface area contributed by atoms with Crippen LogP contribution in [0.25, 0.3) is 0 Å². The Morgan fingerprint density at radius 3 is 2.83 bits per heavy atom. The van der Waals surface area contributed by atoms with Crippen molar-refractivity contribution in [3.8, 4) is 0 Å². The van der Waals surface area contributed by atoms with Gasteiger partial charge >= 0.3 is 0 Å². The summed E-state index contributed by atoms with van der Waals surface area (Å²) in [5, 5.41) is 19.2. The molecule has 0 radical (unpaired) electrons. The SMILES string of the molecule is C=C1N=C(N)C=CN1[C@@H]1O[C@H](CO)[C@@H](O)[C@@]1(C)N. The third-order valence-electron chi connectivity index (χ3n) is 3.22. The van der Waals surface area contributed by atoms with Gasteiger partial charge in [-0.2, -0.15) is 0 Å². The van der Waals surface area contributed by atoms with E-state index in [-0.39, 0.29) is 6.61 Å². The summed E-state index contributed by atoms with van der Waals surface area (Å²) < 4.78 is 5.56. The van der Waals surface area contributed by atoms with Crippen molar-refractivity contribution in [3.05, 3.63) is 24.7 Å². The average Bonchev–Trinajstić information content (AvgIpc) is 2.52. The Labute approximate surface area is 105 Å². The molecule has 0 aromatic heterocycles. The van der Waals surface area contributed by atoms with Crippen molar-refractivity contribution in [1.82, 2.24) is 4.90 Å². The molecule has 2 aliphatic heterocycles. The zero-order valence-electron chi connectivity index (χ0n) is 10.2. The maximum absolute atomic E-state index is 10.0. The van der Waals surface area contributed by atoms with E-state index in [0.29, 0.717) is 11.7 Å². The summed E-state index contributed by atoms with van der Waals surface area (Å²) in [5.41, 5.74) is 10.6. The third-order valence-corrected chi connectivity index (χ3v) is 3.22. The molecule has 2 heterocycles. The fraction of sp³-hybridized carbons (Fsp3) is 0.545. The van der Waals surface area contributed by atoms with E-state index in [4.69, 9.17) is 21.3 Å². The van der Waals surface area contributed by atoms with Crippen LogP contribution in [0.15, 0.2) is 29.7 Å². The Morgan fingerprint density at radius 2 is 2.33 bits per heavy atom. The number of ether oxygens (including phenoxy) is 1. The summed E-state index contributed by atoms with van der Waals surface area (Å²) >= 11 is 0. The highest BCUT2D eigenvalue weighted by Gasteiger charge is 2.53. The third kappa shape index (κ3) is 1.91. The van der Waals surface area contributed by atoms with Crippen molar-refractivity contribution >= 4 is 5.84 Å². The van der Waals surface area contributed by atoms with E-state index in [2.05, 4.69) is 11.6 Å². The molecule has 0 aliphatic carbocycles. The number of hydrogen-bond acceptors (Lipinski definition) is 7. The summed E-state index contributed by atoms with van der Waals surface area (Å²) in [5.74, 6) is 0.717. The van der Waals surface area contributed by atoms with Gasteiger partial charge in [0.2, 0.25) is 0 Å². The summed E-state index contributed by atoms with van der Waals surface area (Å²) in [4.78, 5) is 5.60. The van der Waals surface area contributed by atoms with E-state index in [0.717, 1.165) is 0 Å². The first kappa shape index (κ1) is 13.0. The van der Waals surface area contributed by atoms with E-state index in [1.54, 1.807) is 24.1 Å². The Morgan fingerprint density at radius 1 is 1.67 bits per heavy atom. The van der Waals surface area contributed by atoms with Gasteiger partial charge in [-0.1, -0.05) is 6.58 Å². The first-order valence-corrected chi connectivity index (χ1v) is 5.60. The highest BCUT2D eigenvalue weighted by atomic mass is 16.5. The van der Waals surface area contributed by atoms with Gasteiger partial charge < -0.3 is 31.3 Å². The van der Waals surface area contributed by atoms with Crippen LogP contribution < -0.4 is 11.5 Å². The van der Waals surface area contributed by atoms with Crippen LogP contribution in [0.4, 0.5) is 0 Å². The van der Waals surface area contributed by atoms with Crippen molar-refractivity contribution in [2.75, 3.05) is 6.61 Å². The zero-order chi connectivity index (χ0) is 13.5. The highest BCUT2D eigenvalue weighted by Crippen LogP contribution is 2.33. The van der Waals surface area contributed by atoms with Crippen LogP contribution in [0.1, 0.15) is 6.92 Å². The maximum Gasteiger partial charge on any atom is 0.156 e. The first-order valence-electron chi connectivity index (χ1n) is 5.60. The van der Waals surface area contributed by atoms with Crippen LogP contribution in [0.2, 0.25) is 0 Å². The van der Waals surface area contributed by atoms with E-state index in [1.165, 1.54) is 0 Å². The molecule has 1 fully saturated rings. The molecule has 0 aromatic rings. The Kier molecular flexibility index (Phi) is 3.16. The quantitative estimate of drug-likeness (QED) is 0.473. The Balaban J connectivity index is 2.25. The molecule has 0 bridgehead atoms. The van der Waals surface area contributed by atoms with Crippen LogP contribution in [0.5, 0.6) is 0 Å². The van der Waals surface area contributed by atoms with Crippen molar-refractivity contribution in [2.45, 2.75) is 30.9 Å². The molecule has 2 aliphatic rings. The molecule has 0 spiro atoms. The van der Waals surface area contributed by atoms with Gasteiger partial charge in [-0.3, -0.25) is 0 Å². The standard InChI is InChI=1S/C11H18N4O3/c1-6-14-8(12)3-4-15(6)10-11(2,13)9(17)7(5-16)18-10/h3-4,7,9-10,16-17H,1,5,13H2,2H3,(H2,12,14)/t7-,9-,10-,11-/m1/s1. The lowest BCUT2D eigenvalue weighted by Crippen LogP contribution is -2.58. The smallest absolute Gasteiger partial charge is 0.156 e. The zero-order valence-corrected chi connectivity index (χ0v) is 10.2. The van der Waals surface area contributed by atoms with Crippen molar-refractivity contribution < 1.29 is 14.9 Å². The number of aliphatic hydroxyl groups is 2. The van der Waals surface area contributed by atoms with Gasteiger partial charge in [0.05, 0.1) is 12.1 Å². The summed E-state index contributed by atoms with van der Waals surface area (Å²) in [6.45, 7) is 5.11. The number of aliphatic hydroxyl groups excluding tert-OH is 2. The predicted octanol–water partition coefficient (Wildman–Crippen LogP) is -1.56. The Hall–Kier alpha value is -1.41. The number of hydrogen-bond donors (Lipinski definition) is 4. The molecule has 100 valence electrons. The van der Waals surface area contributed by atoms with Gasteiger partial charge in [0.25, 0.3) is 0 Å². The predicted molar refractivity (Wildman–Crippen MR) is 66.1 cm³/mol. The van der Waals surface area contributed by atoms with Crippen LogP contribution in [-0.2, 0) is 4.74 Å². The van der Waals surface area contributed by atoms with E-state index in [9.17, 15) is 5.11 Å². The van der Waals surface area contributed by atoms with E-state index in [1.807, 2.05) is 0 Å². The minimum absolute atomic E-state index is 0.306. The molecule has 1 saturated heterocycles. The van der Waals surface area contributed by atoms with E-state index < -0.39 is 24.0 Å².